The number of rotatable bonds is 5. The second kappa shape index (κ2) is 9.01. The monoisotopic (exact) mass is 446 g/mol. The summed E-state index contributed by atoms with van der Waals surface area (Å²) in [7, 11) is 0. The van der Waals surface area contributed by atoms with Crippen molar-refractivity contribution >= 4 is 29.2 Å². The van der Waals surface area contributed by atoms with Crippen molar-refractivity contribution < 1.29 is 14.3 Å². The SMILES string of the molecule is Cc1ccc2c(c1)OC(C)(C)C[C@@H]2NC(=O)/C(=C/c1cccs1)NC(=O)c1ccccc1. The number of fused-ring (bicyclic) bond motifs is 1. The highest BCUT2D eigenvalue weighted by Gasteiger charge is 2.35. The summed E-state index contributed by atoms with van der Waals surface area (Å²) in [5.41, 5.74) is 2.31. The van der Waals surface area contributed by atoms with E-state index in [0.717, 1.165) is 21.8 Å². The molecule has 0 unspecified atom stereocenters. The topological polar surface area (TPSA) is 67.4 Å². The molecular formula is C26H26N2O3S. The fraction of sp³-hybridized carbons (Fsp3) is 0.231. The molecule has 2 N–H and O–H groups in total. The van der Waals surface area contributed by atoms with E-state index in [2.05, 4.69) is 10.6 Å². The minimum Gasteiger partial charge on any atom is -0.487 e. The fourth-order valence-corrected chi connectivity index (χ4v) is 4.44. The van der Waals surface area contributed by atoms with Gasteiger partial charge in [-0.3, -0.25) is 9.59 Å². The van der Waals surface area contributed by atoms with Crippen LogP contribution in [0, 0.1) is 6.92 Å². The number of benzene rings is 2. The third-order valence-electron chi connectivity index (χ3n) is 5.29. The van der Waals surface area contributed by atoms with E-state index in [1.165, 1.54) is 11.3 Å². The van der Waals surface area contributed by atoms with Crippen molar-refractivity contribution in [3.8, 4) is 5.75 Å². The average Bonchev–Trinajstić information content (AvgIpc) is 3.26. The van der Waals surface area contributed by atoms with Crippen LogP contribution >= 0.6 is 11.3 Å². The van der Waals surface area contributed by atoms with E-state index >= 15 is 0 Å². The molecule has 1 aromatic heterocycles. The molecule has 1 atom stereocenters. The molecule has 2 heterocycles. The largest absolute Gasteiger partial charge is 0.487 e. The molecular weight excluding hydrogens is 420 g/mol. The minimum atomic E-state index is -0.427. The van der Waals surface area contributed by atoms with Crippen molar-refractivity contribution in [1.29, 1.82) is 0 Å². The lowest BCUT2D eigenvalue weighted by molar-refractivity contribution is -0.119. The zero-order valence-corrected chi connectivity index (χ0v) is 19.2. The van der Waals surface area contributed by atoms with Crippen LogP contribution in [0.1, 0.15) is 52.7 Å². The normalized spacial score (nSPS) is 17.1. The van der Waals surface area contributed by atoms with E-state index < -0.39 is 5.60 Å². The summed E-state index contributed by atoms with van der Waals surface area (Å²) < 4.78 is 6.15. The van der Waals surface area contributed by atoms with Crippen molar-refractivity contribution in [1.82, 2.24) is 10.6 Å². The predicted octanol–water partition coefficient (Wildman–Crippen LogP) is 5.25. The van der Waals surface area contributed by atoms with Gasteiger partial charge >= 0.3 is 0 Å². The van der Waals surface area contributed by atoms with Gasteiger partial charge in [-0.15, -0.1) is 11.3 Å². The number of aryl methyl sites for hydroxylation is 1. The molecule has 0 fully saturated rings. The van der Waals surface area contributed by atoms with Crippen LogP contribution in [-0.4, -0.2) is 17.4 Å². The second-order valence-corrected chi connectivity index (χ2v) is 9.51. The number of amides is 2. The molecule has 2 amide bonds. The quantitative estimate of drug-likeness (QED) is 0.526. The van der Waals surface area contributed by atoms with Crippen molar-refractivity contribution in [2.45, 2.75) is 38.8 Å². The molecule has 6 heteroatoms. The van der Waals surface area contributed by atoms with Gasteiger partial charge in [-0.25, -0.2) is 0 Å². The minimum absolute atomic E-state index is 0.208. The standard InChI is InChI=1S/C26H26N2O3S/c1-17-11-12-20-22(16-26(2,3)31-23(20)14-17)28-25(30)21(15-19-10-7-13-32-19)27-24(29)18-8-5-4-6-9-18/h4-15,22H,16H2,1-3H3,(H,27,29)(H,28,30)/b21-15-/t22-/m0/s1. The first-order chi connectivity index (χ1) is 15.3. The zero-order chi connectivity index (χ0) is 22.7. The van der Waals surface area contributed by atoms with E-state index in [1.807, 2.05) is 62.5 Å². The molecule has 0 saturated heterocycles. The summed E-state index contributed by atoms with van der Waals surface area (Å²) in [5, 5.41) is 7.85. The Labute approximate surface area is 192 Å². The zero-order valence-electron chi connectivity index (χ0n) is 18.3. The summed E-state index contributed by atoms with van der Waals surface area (Å²) in [4.78, 5) is 27.0. The van der Waals surface area contributed by atoms with E-state index in [4.69, 9.17) is 4.74 Å². The maximum atomic E-state index is 13.4. The first-order valence-corrected chi connectivity index (χ1v) is 11.4. The van der Waals surface area contributed by atoms with Gasteiger partial charge in [0.05, 0.1) is 6.04 Å². The van der Waals surface area contributed by atoms with E-state index in [0.29, 0.717) is 12.0 Å². The Balaban J connectivity index is 1.61. The predicted molar refractivity (Wildman–Crippen MR) is 128 cm³/mol. The number of hydrogen-bond acceptors (Lipinski definition) is 4. The third-order valence-corrected chi connectivity index (χ3v) is 6.11. The van der Waals surface area contributed by atoms with Crippen molar-refractivity contribution in [3.63, 3.8) is 0 Å². The number of thiophene rings is 1. The van der Waals surface area contributed by atoms with Gasteiger partial charge in [0.25, 0.3) is 11.8 Å². The Morgan fingerprint density at radius 1 is 1.09 bits per heavy atom. The maximum absolute atomic E-state index is 13.4. The van der Waals surface area contributed by atoms with Crippen LogP contribution in [-0.2, 0) is 4.79 Å². The summed E-state index contributed by atoms with van der Waals surface area (Å²) in [6, 6.07) is 18.4. The van der Waals surface area contributed by atoms with Crippen LogP contribution < -0.4 is 15.4 Å². The maximum Gasteiger partial charge on any atom is 0.268 e. The van der Waals surface area contributed by atoms with E-state index in [-0.39, 0.29) is 23.6 Å². The van der Waals surface area contributed by atoms with Gasteiger partial charge in [-0.05, 0) is 62.1 Å². The van der Waals surface area contributed by atoms with Gasteiger partial charge in [0.1, 0.15) is 17.0 Å². The third kappa shape index (κ3) is 5.08. The molecule has 32 heavy (non-hydrogen) atoms. The van der Waals surface area contributed by atoms with Gasteiger partial charge in [0.15, 0.2) is 0 Å². The van der Waals surface area contributed by atoms with Gasteiger partial charge in [-0.1, -0.05) is 36.4 Å². The molecule has 1 aliphatic heterocycles. The molecule has 0 spiro atoms. The highest BCUT2D eigenvalue weighted by atomic mass is 32.1. The van der Waals surface area contributed by atoms with Crippen molar-refractivity contribution in [2.75, 3.05) is 0 Å². The molecule has 4 rings (SSSR count). The number of carbonyl (C=O) groups excluding carboxylic acids is 2. The number of ether oxygens (including phenoxy) is 1. The first-order valence-electron chi connectivity index (χ1n) is 10.5. The lowest BCUT2D eigenvalue weighted by atomic mass is 9.89. The van der Waals surface area contributed by atoms with Crippen LogP contribution in [0.3, 0.4) is 0 Å². The smallest absolute Gasteiger partial charge is 0.268 e. The number of nitrogens with one attached hydrogen (secondary N) is 2. The summed E-state index contributed by atoms with van der Waals surface area (Å²) >= 11 is 1.50. The second-order valence-electron chi connectivity index (χ2n) is 8.53. The molecule has 1 aliphatic rings. The molecule has 0 aliphatic carbocycles. The number of hydrogen-bond donors (Lipinski definition) is 2. The number of carbonyl (C=O) groups is 2. The lowest BCUT2D eigenvalue weighted by Gasteiger charge is -2.38. The Morgan fingerprint density at radius 3 is 2.59 bits per heavy atom. The summed E-state index contributed by atoms with van der Waals surface area (Å²) in [6.07, 6.45) is 2.33. The molecule has 0 saturated carbocycles. The molecule has 0 radical (unpaired) electrons. The van der Waals surface area contributed by atoms with Gasteiger partial charge < -0.3 is 15.4 Å². The van der Waals surface area contributed by atoms with Crippen molar-refractivity contribution in [3.05, 3.63) is 93.3 Å². The average molecular weight is 447 g/mol. The Hall–Kier alpha value is -3.38. The molecule has 164 valence electrons. The Morgan fingerprint density at radius 2 is 1.88 bits per heavy atom. The molecule has 5 nitrogen and oxygen atoms in total. The van der Waals surface area contributed by atoms with Crippen LogP contribution in [0.25, 0.3) is 6.08 Å². The molecule has 0 bridgehead atoms. The first kappa shape index (κ1) is 21.8. The van der Waals surface area contributed by atoms with Crippen molar-refractivity contribution in [2.24, 2.45) is 0 Å². The van der Waals surface area contributed by atoms with Gasteiger partial charge in [0, 0.05) is 22.4 Å². The van der Waals surface area contributed by atoms with Gasteiger partial charge in [0.2, 0.25) is 0 Å². The summed E-state index contributed by atoms with van der Waals surface area (Å²) in [6.45, 7) is 6.04. The summed E-state index contributed by atoms with van der Waals surface area (Å²) in [5.74, 6) is 0.118. The van der Waals surface area contributed by atoms with E-state index in [1.54, 1.807) is 30.3 Å². The fourth-order valence-electron chi connectivity index (χ4n) is 3.78. The highest BCUT2D eigenvalue weighted by molar-refractivity contribution is 7.10. The van der Waals surface area contributed by atoms with Crippen LogP contribution in [0.4, 0.5) is 0 Å². The lowest BCUT2D eigenvalue weighted by Crippen LogP contribution is -2.43. The molecule has 2 aromatic carbocycles. The van der Waals surface area contributed by atoms with Crippen LogP contribution in [0.2, 0.25) is 0 Å². The van der Waals surface area contributed by atoms with Gasteiger partial charge in [-0.2, -0.15) is 0 Å². The van der Waals surface area contributed by atoms with E-state index in [9.17, 15) is 9.59 Å². The Bertz CT molecular complexity index is 1150. The van der Waals surface area contributed by atoms with Crippen LogP contribution in [0.5, 0.6) is 5.75 Å². The molecule has 3 aromatic rings. The highest BCUT2D eigenvalue weighted by Crippen LogP contribution is 2.40. The van der Waals surface area contributed by atoms with Crippen LogP contribution in [0.15, 0.2) is 71.7 Å². The Kier molecular flexibility index (Phi) is 6.15.